The topological polar surface area (TPSA) is 124 Å². The van der Waals surface area contributed by atoms with Crippen LogP contribution in [0.5, 0.6) is 0 Å². The summed E-state index contributed by atoms with van der Waals surface area (Å²) in [5.74, 6) is -0.485. The van der Waals surface area contributed by atoms with E-state index in [0.717, 1.165) is 6.26 Å². The molecule has 0 spiro atoms. The van der Waals surface area contributed by atoms with Gasteiger partial charge < -0.3 is 9.88 Å². The summed E-state index contributed by atoms with van der Waals surface area (Å²) >= 11 is 0. The average molecular weight is 402 g/mol. The smallest absolute Gasteiger partial charge is 0.271 e. The van der Waals surface area contributed by atoms with E-state index in [2.05, 4.69) is 10.3 Å². The number of aryl methyl sites for hydroxylation is 1. The highest BCUT2D eigenvalue weighted by Gasteiger charge is 2.18. The zero-order valence-corrected chi connectivity index (χ0v) is 16.1. The van der Waals surface area contributed by atoms with Crippen LogP contribution in [0.2, 0.25) is 0 Å². The van der Waals surface area contributed by atoms with Crippen LogP contribution in [0.25, 0.3) is 11.0 Å². The van der Waals surface area contributed by atoms with Crippen molar-refractivity contribution in [2.45, 2.75) is 19.2 Å². The first-order valence-corrected chi connectivity index (χ1v) is 10.4. The molecule has 1 N–H and O–H groups in total. The number of para-hydroxylation sites is 2. The fourth-order valence-corrected chi connectivity index (χ4v) is 3.53. The molecule has 1 heterocycles. The van der Waals surface area contributed by atoms with Gasteiger partial charge in [0.05, 0.1) is 21.6 Å². The lowest BCUT2D eigenvalue weighted by Gasteiger charge is -2.11. The number of nitrogens with zero attached hydrogens (tertiary/aromatic N) is 3. The molecule has 146 valence electrons. The Labute approximate surface area is 161 Å². The number of amides is 1. The maximum absolute atomic E-state index is 12.6. The van der Waals surface area contributed by atoms with Crippen LogP contribution in [0.4, 0.5) is 11.4 Å². The zero-order chi connectivity index (χ0) is 20.5. The van der Waals surface area contributed by atoms with Gasteiger partial charge in [-0.15, -0.1) is 0 Å². The lowest BCUT2D eigenvalue weighted by molar-refractivity contribution is -0.384. The maximum Gasteiger partial charge on any atom is 0.271 e. The zero-order valence-electron chi connectivity index (χ0n) is 15.2. The molecule has 0 fully saturated rings. The van der Waals surface area contributed by atoms with E-state index >= 15 is 0 Å². The van der Waals surface area contributed by atoms with E-state index in [1.807, 2.05) is 0 Å². The molecular formula is C18H18N4O5S. The third-order valence-electron chi connectivity index (χ3n) is 4.13. The summed E-state index contributed by atoms with van der Waals surface area (Å²) in [4.78, 5) is 27.3. The molecule has 1 aromatic heterocycles. The first-order chi connectivity index (χ1) is 13.1. The summed E-state index contributed by atoms with van der Waals surface area (Å²) in [6.07, 6.45) is 1.10. The highest BCUT2D eigenvalue weighted by Crippen LogP contribution is 2.23. The van der Waals surface area contributed by atoms with Crippen molar-refractivity contribution in [2.24, 2.45) is 0 Å². The number of anilines is 1. The van der Waals surface area contributed by atoms with Crippen molar-refractivity contribution in [2.75, 3.05) is 11.6 Å². The van der Waals surface area contributed by atoms with E-state index in [1.54, 1.807) is 41.8 Å². The number of fused-ring (bicyclic) bond motifs is 1. The number of hydrogen-bond donors (Lipinski definition) is 1. The predicted octanol–water partition coefficient (Wildman–Crippen LogP) is 2.44. The van der Waals surface area contributed by atoms with Crippen LogP contribution in [0, 0.1) is 17.0 Å². The van der Waals surface area contributed by atoms with Crippen LogP contribution >= 0.6 is 0 Å². The summed E-state index contributed by atoms with van der Waals surface area (Å²) in [6.45, 7) is 1.55. The van der Waals surface area contributed by atoms with Gasteiger partial charge in [0.2, 0.25) is 5.91 Å². The van der Waals surface area contributed by atoms with Crippen LogP contribution in [0.1, 0.15) is 11.4 Å². The Balaban J connectivity index is 1.92. The molecule has 9 nitrogen and oxygen atoms in total. The van der Waals surface area contributed by atoms with E-state index < -0.39 is 20.7 Å². The highest BCUT2D eigenvalue weighted by atomic mass is 32.2. The second kappa shape index (κ2) is 7.39. The second-order valence-electron chi connectivity index (χ2n) is 6.48. The number of hydrogen-bond acceptors (Lipinski definition) is 6. The molecule has 0 saturated heterocycles. The summed E-state index contributed by atoms with van der Waals surface area (Å²) in [6, 6.07) is 11.2. The van der Waals surface area contributed by atoms with Crippen molar-refractivity contribution in [3.63, 3.8) is 0 Å². The molecule has 2 aromatic carbocycles. The van der Waals surface area contributed by atoms with Gasteiger partial charge in [0.15, 0.2) is 9.84 Å². The summed E-state index contributed by atoms with van der Waals surface area (Å²) in [5, 5.41) is 13.6. The quantitative estimate of drug-likeness (QED) is 0.499. The van der Waals surface area contributed by atoms with Crippen molar-refractivity contribution in [3.8, 4) is 0 Å². The number of aromatic nitrogens is 2. The SMILES string of the molecule is Cc1ccc([N+](=O)[O-])cc1NC(=O)Cn1c(CS(C)(=O)=O)nc2ccccc21. The second-order valence-corrected chi connectivity index (χ2v) is 8.62. The van der Waals surface area contributed by atoms with Crippen molar-refractivity contribution >= 4 is 38.2 Å². The minimum atomic E-state index is -3.35. The minimum Gasteiger partial charge on any atom is -0.324 e. The number of sulfone groups is 1. The number of imidazole rings is 1. The van der Waals surface area contributed by atoms with E-state index in [4.69, 9.17) is 0 Å². The first-order valence-electron chi connectivity index (χ1n) is 8.31. The Hall–Kier alpha value is -3.27. The van der Waals surface area contributed by atoms with Gasteiger partial charge in [-0.25, -0.2) is 13.4 Å². The molecule has 3 rings (SSSR count). The lowest BCUT2D eigenvalue weighted by Crippen LogP contribution is -2.21. The molecule has 28 heavy (non-hydrogen) atoms. The standard InChI is InChI=1S/C18H18N4O5S/c1-12-7-8-13(22(24)25)9-15(12)20-18(23)10-21-16-6-4-3-5-14(16)19-17(21)11-28(2,26)27/h3-9H,10-11H2,1-2H3,(H,20,23). The van der Waals surface area contributed by atoms with Gasteiger partial charge in [-0.3, -0.25) is 14.9 Å². The number of benzene rings is 2. The minimum absolute atomic E-state index is 0.133. The number of nitro benzene ring substituents is 1. The first kappa shape index (κ1) is 19.5. The van der Waals surface area contributed by atoms with Gasteiger partial charge in [0.1, 0.15) is 18.1 Å². The van der Waals surface area contributed by atoms with Crippen LogP contribution in [-0.4, -0.2) is 35.1 Å². The molecule has 0 saturated carbocycles. The normalized spacial score (nSPS) is 11.5. The average Bonchev–Trinajstić information content (AvgIpc) is 2.92. The third kappa shape index (κ3) is 4.34. The van der Waals surface area contributed by atoms with E-state index in [9.17, 15) is 23.3 Å². The molecular weight excluding hydrogens is 384 g/mol. The molecule has 3 aromatic rings. The van der Waals surface area contributed by atoms with Gasteiger partial charge in [-0.05, 0) is 24.6 Å². The maximum atomic E-state index is 12.6. The summed E-state index contributed by atoms with van der Waals surface area (Å²) < 4.78 is 25.0. The van der Waals surface area contributed by atoms with Crippen LogP contribution < -0.4 is 5.32 Å². The molecule has 0 radical (unpaired) electrons. The monoisotopic (exact) mass is 402 g/mol. The number of nitro groups is 1. The Morgan fingerprint density at radius 1 is 1.25 bits per heavy atom. The van der Waals surface area contributed by atoms with Gasteiger partial charge in [-0.1, -0.05) is 18.2 Å². The lowest BCUT2D eigenvalue weighted by atomic mass is 10.2. The van der Waals surface area contributed by atoms with E-state index in [0.29, 0.717) is 22.3 Å². The molecule has 0 aliphatic carbocycles. The number of carbonyl (C=O) groups excluding carboxylic acids is 1. The van der Waals surface area contributed by atoms with Crippen molar-refractivity contribution in [1.29, 1.82) is 0 Å². The van der Waals surface area contributed by atoms with Crippen molar-refractivity contribution in [1.82, 2.24) is 9.55 Å². The number of nitrogens with one attached hydrogen (secondary N) is 1. The molecule has 0 unspecified atom stereocenters. The Bertz CT molecular complexity index is 1180. The number of rotatable bonds is 6. The number of non-ortho nitro benzene ring substituents is 1. The van der Waals surface area contributed by atoms with Gasteiger partial charge in [0, 0.05) is 18.4 Å². The number of carbonyl (C=O) groups is 1. The van der Waals surface area contributed by atoms with Crippen molar-refractivity contribution < 1.29 is 18.1 Å². The van der Waals surface area contributed by atoms with Crippen molar-refractivity contribution in [3.05, 3.63) is 64.0 Å². The van der Waals surface area contributed by atoms with Gasteiger partial charge >= 0.3 is 0 Å². The highest BCUT2D eigenvalue weighted by molar-refractivity contribution is 7.89. The summed E-state index contributed by atoms with van der Waals surface area (Å²) in [5.41, 5.74) is 2.08. The molecule has 1 amide bonds. The predicted molar refractivity (Wildman–Crippen MR) is 105 cm³/mol. The fourth-order valence-electron chi connectivity index (χ4n) is 2.84. The molecule has 0 aliphatic rings. The van der Waals surface area contributed by atoms with E-state index in [-0.39, 0.29) is 23.8 Å². The Morgan fingerprint density at radius 3 is 2.64 bits per heavy atom. The van der Waals surface area contributed by atoms with Crippen LogP contribution in [0.15, 0.2) is 42.5 Å². The van der Waals surface area contributed by atoms with Crippen LogP contribution in [0.3, 0.4) is 0 Å². The fraction of sp³-hybridized carbons (Fsp3) is 0.222. The Morgan fingerprint density at radius 2 is 1.96 bits per heavy atom. The van der Waals surface area contributed by atoms with Crippen LogP contribution in [-0.2, 0) is 26.9 Å². The molecule has 10 heteroatoms. The third-order valence-corrected chi connectivity index (χ3v) is 4.92. The molecule has 0 bridgehead atoms. The van der Waals surface area contributed by atoms with Gasteiger partial charge in [0.25, 0.3) is 5.69 Å². The Kier molecular flexibility index (Phi) is 5.14. The molecule has 0 aliphatic heterocycles. The molecule has 0 atom stereocenters. The van der Waals surface area contributed by atoms with Gasteiger partial charge in [-0.2, -0.15) is 0 Å². The largest absolute Gasteiger partial charge is 0.324 e. The summed E-state index contributed by atoms with van der Waals surface area (Å²) in [7, 11) is -3.35. The van der Waals surface area contributed by atoms with E-state index in [1.165, 1.54) is 12.1 Å².